The molecule has 2 fully saturated rings. The normalized spacial score (nSPS) is 21.0. The van der Waals surface area contributed by atoms with Crippen LogP contribution in [0.25, 0.3) is 11.0 Å². The van der Waals surface area contributed by atoms with Gasteiger partial charge in [0.1, 0.15) is 0 Å². The maximum atomic E-state index is 12.7. The van der Waals surface area contributed by atoms with E-state index in [0.717, 1.165) is 55.7 Å². The molecule has 1 saturated heterocycles. The number of carbonyl (C=O) groups excluding carboxylic acids is 1. The van der Waals surface area contributed by atoms with Crippen LogP contribution in [0.2, 0.25) is 0 Å². The Morgan fingerprint density at radius 3 is 2.85 bits per heavy atom. The first-order chi connectivity index (χ1) is 13.1. The Balaban J connectivity index is 1.48. The summed E-state index contributed by atoms with van der Waals surface area (Å²) < 4.78 is 2.04. The molecule has 0 N–H and O–H groups in total. The fourth-order valence-electron chi connectivity index (χ4n) is 4.59. The van der Waals surface area contributed by atoms with Crippen molar-refractivity contribution in [2.24, 2.45) is 5.92 Å². The van der Waals surface area contributed by atoms with E-state index < -0.39 is 0 Å². The molecule has 2 aliphatic rings. The van der Waals surface area contributed by atoms with Gasteiger partial charge in [-0.25, -0.2) is 9.67 Å². The van der Waals surface area contributed by atoms with Gasteiger partial charge in [0.2, 0.25) is 5.91 Å². The monoisotopic (exact) mass is 369 g/mol. The summed E-state index contributed by atoms with van der Waals surface area (Å²) in [6, 6.07) is 4.11. The van der Waals surface area contributed by atoms with Gasteiger partial charge in [-0.3, -0.25) is 4.79 Å². The van der Waals surface area contributed by atoms with Crippen molar-refractivity contribution in [1.82, 2.24) is 24.6 Å². The highest BCUT2D eigenvalue weighted by atomic mass is 16.2. The number of carbonyl (C=O) groups is 1. The second-order valence-electron chi connectivity index (χ2n) is 8.47. The Morgan fingerprint density at radius 1 is 1.26 bits per heavy atom. The maximum Gasteiger partial charge on any atom is 0.222 e. The lowest BCUT2D eigenvalue weighted by Gasteiger charge is -2.18. The second kappa shape index (κ2) is 7.97. The number of fused-ring (bicyclic) bond motifs is 1. The van der Waals surface area contributed by atoms with Gasteiger partial charge in [0.05, 0.1) is 12.2 Å². The molecule has 6 heteroatoms. The number of hydrogen-bond acceptors (Lipinski definition) is 4. The topological polar surface area (TPSA) is 54.3 Å². The standard InChI is InChI=1S/C21H31N5O/c1-24(2)12-13-26-21-18(8-5-10-22-21)20(23-26)17-9-11-25(15-17)19(27)14-16-6-3-4-7-16/h5,8,10,16-17H,3-4,6-7,9,11-15H2,1-2H3/t17-/m1/s1. The van der Waals surface area contributed by atoms with Crippen molar-refractivity contribution >= 4 is 16.9 Å². The van der Waals surface area contributed by atoms with E-state index in [-0.39, 0.29) is 0 Å². The van der Waals surface area contributed by atoms with E-state index in [1.807, 2.05) is 16.9 Å². The fraction of sp³-hybridized carbons (Fsp3) is 0.667. The van der Waals surface area contributed by atoms with Gasteiger partial charge in [-0.1, -0.05) is 12.8 Å². The number of aromatic nitrogens is 3. The summed E-state index contributed by atoms with van der Waals surface area (Å²) in [4.78, 5) is 21.5. The molecule has 146 valence electrons. The molecule has 2 aromatic heterocycles. The largest absolute Gasteiger partial charge is 0.342 e. The van der Waals surface area contributed by atoms with Gasteiger partial charge >= 0.3 is 0 Å². The highest BCUT2D eigenvalue weighted by molar-refractivity contribution is 5.80. The van der Waals surface area contributed by atoms with Gasteiger partial charge < -0.3 is 9.80 Å². The summed E-state index contributed by atoms with van der Waals surface area (Å²) in [7, 11) is 4.15. The summed E-state index contributed by atoms with van der Waals surface area (Å²) >= 11 is 0. The van der Waals surface area contributed by atoms with Crippen LogP contribution in [0.15, 0.2) is 18.3 Å². The minimum Gasteiger partial charge on any atom is -0.342 e. The average molecular weight is 370 g/mol. The number of rotatable bonds is 6. The molecular weight excluding hydrogens is 338 g/mol. The molecule has 3 heterocycles. The van der Waals surface area contributed by atoms with Crippen molar-refractivity contribution < 1.29 is 4.79 Å². The van der Waals surface area contributed by atoms with Gasteiger partial charge in [0, 0.05) is 43.6 Å². The molecular formula is C21H31N5O. The van der Waals surface area contributed by atoms with E-state index in [0.29, 0.717) is 17.7 Å². The van der Waals surface area contributed by atoms with Gasteiger partial charge in [-0.15, -0.1) is 0 Å². The van der Waals surface area contributed by atoms with Gasteiger partial charge in [-0.05, 0) is 51.4 Å². The fourth-order valence-corrected chi connectivity index (χ4v) is 4.59. The first-order valence-electron chi connectivity index (χ1n) is 10.4. The molecule has 1 aliphatic heterocycles. The summed E-state index contributed by atoms with van der Waals surface area (Å²) in [6.45, 7) is 3.43. The van der Waals surface area contributed by atoms with Crippen LogP contribution >= 0.6 is 0 Å². The lowest BCUT2D eigenvalue weighted by molar-refractivity contribution is -0.131. The lowest BCUT2D eigenvalue weighted by Crippen LogP contribution is -2.29. The van der Waals surface area contributed by atoms with Gasteiger partial charge in [-0.2, -0.15) is 5.10 Å². The van der Waals surface area contributed by atoms with Crippen LogP contribution in [0.3, 0.4) is 0 Å². The zero-order valence-corrected chi connectivity index (χ0v) is 16.6. The first-order valence-corrected chi connectivity index (χ1v) is 10.4. The smallest absolute Gasteiger partial charge is 0.222 e. The van der Waals surface area contributed by atoms with Crippen LogP contribution in [-0.4, -0.2) is 64.2 Å². The quantitative estimate of drug-likeness (QED) is 0.786. The van der Waals surface area contributed by atoms with Crippen molar-refractivity contribution in [2.45, 2.75) is 51.0 Å². The zero-order valence-electron chi connectivity index (χ0n) is 16.6. The summed E-state index contributed by atoms with van der Waals surface area (Å²) in [5.74, 6) is 1.29. The minimum atomic E-state index is 0.324. The van der Waals surface area contributed by atoms with Crippen LogP contribution in [-0.2, 0) is 11.3 Å². The van der Waals surface area contributed by atoms with Gasteiger partial charge in [0.25, 0.3) is 0 Å². The minimum absolute atomic E-state index is 0.324. The van der Waals surface area contributed by atoms with E-state index in [1.54, 1.807) is 0 Å². The first kappa shape index (κ1) is 18.4. The molecule has 1 atom stereocenters. The van der Waals surface area contributed by atoms with Crippen LogP contribution in [0.4, 0.5) is 0 Å². The Labute approximate surface area is 161 Å². The summed E-state index contributed by atoms with van der Waals surface area (Å²) in [6.07, 6.45) is 8.64. The van der Waals surface area contributed by atoms with E-state index >= 15 is 0 Å². The van der Waals surface area contributed by atoms with E-state index in [4.69, 9.17) is 5.10 Å². The molecule has 4 rings (SSSR count). The lowest BCUT2D eigenvalue weighted by atomic mass is 10.0. The summed E-state index contributed by atoms with van der Waals surface area (Å²) in [5, 5.41) is 6.07. The number of hydrogen-bond donors (Lipinski definition) is 0. The van der Waals surface area contributed by atoms with E-state index in [2.05, 4.69) is 34.9 Å². The predicted molar refractivity (Wildman–Crippen MR) is 107 cm³/mol. The van der Waals surface area contributed by atoms with Crippen molar-refractivity contribution in [3.8, 4) is 0 Å². The average Bonchev–Trinajstić information content (AvgIpc) is 3.39. The van der Waals surface area contributed by atoms with Crippen molar-refractivity contribution in [3.05, 3.63) is 24.0 Å². The molecule has 0 unspecified atom stereocenters. The van der Waals surface area contributed by atoms with E-state index in [9.17, 15) is 4.79 Å². The third-order valence-corrected chi connectivity index (χ3v) is 6.16. The highest BCUT2D eigenvalue weighted by Gasteiger charge is 2.32. The number of pyridine rings is 1. The van der Waals surface area contributed by atoms with Crippen molar-refractivity contribution in [3.63, 3.8) is 0 Å². The van der Waals surface area contributed by atoms with E-state index in [1.165, 1.54) is 25.7 Å². The molecule has 1 aliphatic carbocycles. The molecule has 27 heavy (non-hydrogen) atoms. The van der Waals surface area contributed by atoms with Crippen molar-refractivity contribution in [2.75, 3.05) is 33.7 Å². The molecule has 1 amide bonds. The van der Waals surface area contributed by atoms with Crippen molar-refractivity contribution in [1.29, 1.82) is 0 Å². The molecule has 2 aromatic rings. The molecule has 0 radical (unpaired) electrons. The number of nitrogens with zero attached hydrogens (tertiary/aromatic N) is 5. The number of amides is 1. The predicted octanol–water partition coefficient (Wildman–Crippen LogP) is 2.89. The van der Waals surface area contributed by atoms with Crippen LogP contribution in [0.1, 0.15) is 50.1 Å². The SMILES string of the molecule is CN(C)CCn1nc([C@@H]2CCN(C(=O)CC3CCCC3)C2)c2cccnc21. The third-order valence-electron chi connectivity index (χ3n) is 6.16. The number of likely N-dealkylation sites (N-methyl/N-ethyl adjacent to an activating group) is 1. The summed E-state index contributed by atoms with van der Waals surface area (Å²) in [5.41, 5.74) is 2.08. The Kier molecular flexibility index (Phi) is 5.43. The maximum absolute atomic E-state index is 12.7. The van der Waals surface area contributed by atoms with Crippen LogP contribution in [0.5, 0.6) is 0 Å². The zero-order chi connectivity index (χ0) is 18.8. The molecule has 0 spiro atoms. The Bertz CT molecular complexity index is 793. The second-order valence-corrected chi connectivity index (χ2v) is 8.47. The molecule has 6 nitrogen and oxygen atoms in total. The Hall–Kier alpha value is -1.95. The highest BCUT2D eigenvalue weighted by Crippen LogP contribution is 2.33. The van der Waals surface area contributed by atoms with Crippen LogP contribution in [0, 0.1) is 5.92 Å². The van der Waals surface area contributed by atoms with Crippen LogP contribution < -0.4 is 0 Å². The molecule has 0 aromatic carbocycles. The molecule has 0 bridgehead atoms. The third kappa shape index (κ3) is 4.00. The molecule has 1 saturated carbocycles. The number of likely N-dealkylation sites (tertiary alicyclic amines) is 1. The Morgan fingerprint density at radius 2 is 2.07 bits per heavy atom. The van der Waals surface area contributed by atoms with Gasteiger partial charge in [0.15, 0.2) is 5.65 Å².